The smallest absolute Gasteiger partial charge is 0.160 e. The van der Waals surface area contributed by atoms with Crippen LogP contribution in [0, 0.1) is 11.3 Å². The van der Waals surface area contributed by atoms with E-state index in [1.54, 1.807) is 0 Å². The lowest BCUT2D eigenvalue weighted by atomic mass is 9.93. The molecule has 4 heteroatoms. The summed E-state index contributed by atoms with van der Waals surface area (Å²) >= 11 is 0. The summed E-state index contributed by atoms with van der Waals surface area (Å²) in [7, 11) is 0. The fraction of sp³-hybridized carbons (Fsp3) is 0. The van der Waals surface area contributed by atoms with Crippen molar-refractivity contribution in [1.29, 1.82) is 5.26 Å². The van der Waals surface area contributed by atoms with Crippen LogP contribution in [0.1, 0.15) is 5.56 Å². The van der Waals surface area contributed by atoms with Gasteiger partial charge in [-0.05, 0) is 101 Å². The molecule has 10 aromatic rings. The molecule has 0 radical (unpaired) electrons. The highest BCUT2D eigenvalue weighted by Gasteiger charge is 2.14. The highest BCUT2D eigenvalue weighted by atomic mass is 14.9. The maximum Gasteiger partial charge on any atom is 0.160 e. The van der Waals surface area contributed by atoms with Crippen molar-refractivity contribution in [2.24, 2.45) is 0 Å². The van der Waals surface area contributed by atoms with Gasteiger partial charge in [-0.2, -0.15) is 5.26 Å². The molecule has 0 saturated heterocycles. The van der Waals surface area contributed by atoms with E-state index in [2.05, 4.69) is 151 Å². The van der Waals surface area contributed by atoms with E-state index in [4.69, 9.17) is 9.97 Å². The number of nitriles is 1. The maximum absolute atomic E-state index is 9.51. The van der Waals surface area contributed by atoms with Crippen molar-refractivity contribution in [2.75, 3.05) is 0 Å². The standard InChI is InChI=1S/C52H32N4/c53-33-34-17-19-37(20-18-34)50-32-51(38-23-21-35(22-24-38)36-27-29-54-30-28-36)56-52(55-50)39-25-26-48-46-15-6-5-13-44(46)42-11-2-1-9-40(42)41-10-3-4-12-43(41)45-14-7-8-16-47(45)49(48)31-39/h1-32H. The van der Waals surface area contributed by atoms with Gasteiger partial charge in [-0.25, -0.2) is 9.97 Å². The van der Waals surface area contributed by atoms with Crippen molar-refractivity contribution in [3.63, 3.8) is 0 Å². The summed E-state index contributed by atoms with van der Waals surface area (Å²) in [5.74, 6) is 0.622. The zero-order valence-electron chi connectivity index (χ0n) is 30.3. The molecule has 0 bridgehead atoms. The molecule has 10 rings (SSSR count). The van der Waals surface area contributed by atoms with E-state index in [-0.39, 0.29) is 0 Å². The van der Waals surface area contributed by atoms with Gasteiger partial charge in [-0.3, -0.25) is 4.98 Å². The zero-order valence-corrected chi connectivity index (χ0v) is 30.3. The molecule has 0 aliphatic rings. The van der Waals surface area contributed by atoms with E-state index < -0.39 is 0 Å². The normalized spacial score (nSPS) is 11.2. The Morgan fingerprint density at radius 1 is 0.321 bits per heavy atom. The maximum atomic E-state index is 9.51. The van der Waals surface area contributed by atoms with Crippen LogP contribution in [0.4, 0.5) is 0 Å². The van der Waals surface area contributed by atoms with Crippen molar-refractivity contribution in [3.05, 3.63) is 200 Å². The first kappa shape index (κ1) is 32.9. The molecule has 0 unspecified atom stereocenters. The van der Waals surface area contributed by atoms with Crippen LogP contribution in [0.5, 0.6) is 0 Å². The third-order valence-corrected chi connectivity index (χ3v) is 10.7. The molecule has 0 aliphatic carbocycles. The highest BCUT2D eigenvalue weighted by Crippen LogP contribution is 2.38. The lowest BCUT2D eigenvalue weighted by molar-refractivity contribution is 1.18. The van der Waals surface area contributed by atoms with Crippen LogP contribution >= 0.6 is 0 Å². The van der Waals surface area contributed by atoms with Gasteiger partial charge >= 0.3 is 0 Å². The molecule has 56 heavy (non-hydrogen) atoms. The van der Waals surface area contributed by atoms with Crippen LogP contribution in [0.15, 0.2) is 194 Å². The number of rotatable bonds is 4. The van der Waals surface area contributed by atoms with Gasteiger partial charge in [-0.1, -0.05) is 146 Å². The Hall–Kier alpha value is -7.74. The molecule has 0 spiro atoms. The molecule has 0 atom stereocenters. The summed E-state index contributed by atoms with van der Waals surface area (Å²) in [4.78, 5) is 14.6. The molecule has 0 N–H and O–H groups in total. The highest BCUT2D eigenvalue weighted by molar-refractivity contribution is 6.26. The zero-order chi connectivity index (χ0) is 37.4. The molecule has 2 aromatic heterocycles. The molecule has 0 saturated carbocycles. The van der Waals surface area contributed by atoms with Crippen LogP contribution in [0.2, 0.25) is 0 Å². The fourth-order valence-electron chi connectivity index (χ4n) is 7.92. The van der Waals surface area contributed by atoms with Crippen molar-refractivity contribution < 1.29 is 0 Å². The third kappa shape index (κ3) is 5.85. The van der Waals surface area contributed by atoms with E-state index in [0.29, 0.717) is 11.4 Å². The summed E-state index contributed by atoms with van der Waals surface area (Å²) in [6.45, 7) is 0. The van der Waals surface area contributed by atoms with Gasteiger partial charge in [0.15, 0.2) is 5.82 Å². The molecular formula is C52H32N4. The van der Waals surface area contributed by atoms with E-state index in [9.17, 15) is 5.26 Å². The van der Waals surface area contributed by atoms with Gasteiger partial charge in [0.05, 0.1) is 23.0 Å². The van der Waals surface area contributed by atoms with Gasteiger partial charge in [0.1, 0.15) is 0 Å². The first-order valence-corrected chi connectivity index (χ1v) is 18.6. The van der Waals surface area contributed by atoms with E-state index in [1.165, 1.54) is 26.9 Å². The third-order valence-electron chi connectivity index (χ3n) is 10.7. The lowest BCUT2D eigenvalue weighted by Crippen LogP contribution is -1.96. The molecule has 2 heterocycles. The number of benzene rings is 7. The molecular weight excluding hydrogens is 681 g/mol. The Bertz CT molecular complexity index is 3160. The molecule has 0 aliphatic heterocycles. The summed E-state index contributed by atoms with van der Waals surface area (Å²) in [6.07, 6.45) is 3.62. The van der Waals surface area contributed by atoms with Gasteiger partial charge in [-0.15, -0.1) is 0 Å². The lowest BCUT2D eigenvalue weighted by Gasteiger charge is -2.12. The topological polar surface area (TPSA) is 62.5 Å². The molecule has 8 aromatic carbocycles. The summed E-state index contributed by atoms with van der Waals surface area (Å²) in [6, 6.07) is 65.9. The number of hydrogen-bond donors (Lipinski definition) is 0. The van der Waals surface area contributed by atoms with Crippen LogP contribution in [0.25, 0.3) is 98.9 Å². The molecule has 4 nitrogen and oxygen atoms in total. The largest absolute Gasteiger partial charge is 0.265 e. The number of pyridine rings is 1. The van der Waals surface area contributed by atoms with Gasteiger partial charge in [0.25, 0.3) is 0 Å². The van der Waals surface area contributed by atoms with Crippen molar-refractivity contribution in [2.45, 2.75) is 0 Å². The second-order valence-electron chi connectivity index (χ2n) is 13.9. The average molecular weight is 713 g/mol. The first-order valence-electron chi connectivity index (χ1n) is 18.6. The van der Waals surface area contributed by atoms with Crippen molar-refractivity contribution >= 4 is 53.9 Å². The minimum absolute atomic E-state index is 0.603. The number of nitrogens with zero attached hydrogens (tertiary/aromatic N) is 4. The second kappa shape index (κ2) is 13.9. The van der Waals surface area contributed by atoms with Gasteiger partial charge < -0.3 is 0 Å². The first-order chi connectivity index (χ1) is 27.7. The SMILES string of the molecule is N#Cc1ccc(-c2cc(-c3ccc(-c4ccncc4)cc3)nc(-c3ccc4c5ccccc5c5ccccc5c5ccccc5c5ccccc5c4c3)n2)cc1. The molecule has 260 valence electrons. The average Bonchev–Trinajstić information content (AvgIpc) is 3.29. The van der Waals surface area contributed by atoms with Crippen LogP contribution in [-0.4, -0.2) is 15.0 Å². The van der Waals surface area contributed by atoms with Crippen molar-refractivity contribution in [1.82, 2.24) is 15.0 Å². The minimum atomic E-state index is 0.603. The Morgan fingerprint density at radius 3 is 1.12 bits per heavy atom. The Kier molecular flexibility index (Phi) is 8.17. The van der Waals surface area contributed by atoms with E-state index in [0.717, 1.165) is 66.1 Å². The van der Waals surface area contributed by atoms with Gasteiger partial charge in [0.2, 0.25) is 0 Å². The molecule has 0 fully saturated rings. The number of fused-ring (bicyclic) bond motifs is 10. The fourth-order valence-corrected chi connectivity index (χ4v) is 7.92. The summed E-state index contributed by atoms with van der Waals surface area (Å²) in [5, 5.41) is 21.2. The van der Waals surface area contributed by atoms with Crippen molar-refractivity contribution in [3.8, 4) is 51.1 Å². The minimum Gasteiger partial charge on any atom is -0.265 e. The Balaban J connectivity index is 1.27. The Morgan fingerprint density at radius 2 is 0.679 bits per heavy atom. The van der Waals surface area contributed by atoms with E-state index in [1.807, 2.05) is 54.9 Å². The number of aromatic nitrogens is 3. The van der Waals surface area contributed by atoms with Crippen LogP contribution < -0.4 is 0 Å². The Labute approximate surface area is 324 Å². The van der Waals surface area contributed by atoms with Crippen LogP contribution in [0.3, 0.4) is 0 Å². The molecule has 0 amide bonds. The predicted octanol–water partition coefficient (Wildman–Crippen LogP) is 13.3. The quantitative estimate of drug-likeness (QED) is 0.182. The number of hydrogen-bond acceptors (Lipinski definition) is 4. The second-order valence-corrected chi connectivity index (χ2v) is 13.9. The predicted molar refractivity (Wildman–Crippen MR) is 231 cm³/mol. The monoisotopic (exact) mass is 712 g/mol. The summed E-state index contributed by atoms with van der Waals surface area (Å²) in [5.41, 5.74) is 7.21. The van der Waals surface area contributed by atoms with E-state index >= 15 is 0 Å². The van der Waals surface area contributed by atoms with Crippen LogP contribution in [-0.2, 0) is 0 Å². The summed E-state index contributed by atoms with van der Waals surface area (Å²) < 4.78 is 0. The van der Waals surface area contributed by atoms with Gasteiger partial charge in [0, 0.05) is 29.1 Å².